The van der Waals surface area contributed by atoms with Gasteiger partial charge in [-0.3, -0.25) is 0 Å². The molecular weight excluding hydrogens is 167 g/mol. The van der Waals surface area contributed by atoms with Gasteiger partial charge in [0.2, 0.25) is 0 Å². The molecule has 0 nitrogen and oxygen atoms in total. The Morgan fingerprint density at radius 2 is 2.30 bits per heavy atom. The van der Waals surface area contributed by atoms with E-state index < -0.39 is 0 Å². The molecule has 0 spiro atoms. The van der Waals surface area contributed by atoms with Crippen molar-refractivity contribution in [1.82, 2.24) is 0 Å². The van der Waals surface area contributed by atoms with Crippen LogP contribution >= 0.6 is 23.2 Å². The van der Waals surface area contributed by atoms with Gasteiger partial charge in [0.1, 0.15) is 0 Å². The summed E-state index contributed by atoms with van der Waals surface area (Å²) in [6, 6.07) is 0. The van der Waals surface area contributed by atoms with E-state index in [1.165, 1.54) is 0 Å². The summed E-state index contributed by atoms with van der Waals surface area (Å²) in [5, 5.41) is 1.51. The van der Waals surface area contributed by atoms with Crippen LogP contribution in [-0.2, 0) is 0 Å². The Morgan fingerprint density at radius 1 is 1.60 bits per heavy atom. The third-order valence-corrected chi connectivity index (χ3v) is 2.13. The molecule has 2 heteroatoms. The van der Waals surface area contributed by atoms with Crippen molar-refractivity contribution in [3.8, 4) is 0 Å². The summed E-state index contributed by atoms with van der Waals surface area (Å²) in [6.07, 6.45) is 6.41. The van der Waals surface area contributed by atoms with Crippen LogP contribution in [0.4, 0.5) is 0 Å². The van der Waals surface area contributed by atoms with Crippen molar-refractivity contribution in [2.45, 2.75) is 6.42 Å². The Morgan fingerprint density at radius 3 is 2.80 bits per heavy atom. The molecule has 54 valence electrons. The van der Waals surface area contributed by atoms with Gasteiger partial charge < -0.3 is 0 Å². The van der Waals surface area contributed by atoms with Gasteiger partial charge in [0.05, 0.1) is 0 Å². The lowest BCUT2D eigenvalue weighted by atomic mass is 10.0. The Bertz CT molecular complexity index is 201. The van der Waals surface area contributed by atoms with Gasteiger partial charge in [0.15, 0.2) is 0 Å². The zero-order chi connectivity index (χ0) is 7.56. The molecule has 1 atom stereocenters. The van der Waals surface area contributed by atoms with Crippen LogP contribution in [0.3, 0.4) is 0 Å². The molecule has 1 aliphatic carbocycles. The minimum absolute atomic E-state index is 0.268. The van der Waals surface area contributed by atoms with Crippen LogP contribution in [0.2, 0.25) is 0 Å². The highest BCUT2D eigenvalue weighted by molar-refractivity contribution is 6.35. The van der Waals surface area contributed by atoms with Crippen molar-refractivity contribution in [2.24, 2.45) is 5.92 Å². The molecule has 10 heavy (non-hydrogen) atoms. The van der Waals surface area contributed by atoms with Crippen LogP contribution in [0.5, 0.6) is 0 Å². The van der Waals surface area contributed by atoms with E-state index in [-0.39, 0.29) is 5.92 Å². The molecular formula is C8H8Cl2. The largest absolute Gasteiger partial charge is 0.102 e. The summed E-state index contributed by atoms with van der Waals surface area (Å²) in [5.74, 6) is 0.268. The van der Waals surface area contributed by atoms with Crippen molar-refractivity contribution < 1.29 is 0 Å². The second kappa shape index (κ2) is 3.27. The lowest BCUT2D eigenvalue weighted by Crippen LogP contribution is -1.98. The predicted molar refractivity (Wildman–Crippen MR) is 46.2 cm³/mol. The van der Waals surface area contributed by atoms with Gasteiger partial charge in [-0.15, -0.1) is 6.58 Å². The molecule has 1 unspecified atom stereocenters. The van der Waals surface area contributed by atoms with Crippen LogP contribution in [0.1, 0.15) is 6.42 Å². The maximum Gasteiger partial charge on any atom is 0.0378 e. The summed E-state index contributed by atoms with van der Waals surface area (Å²) in [7, 11) is 0. The molecule has 0 aliphatic heterocycles. The minimum Gasteiger partial charge on any atom is -0.102 e. The van der Waals surface area contributed by atoms with Crippen LogP contribution in [-0.4, -0.2) is 0 Å². The third-order valence-electron chi connectivity index (χ3n) is 1.48. The molecule has 1 rings (SSSR count). The first-order valence-electron chi connectivity index (χ1n) is 3.09. The number of rotatable bonds is 1. The van der Waals surface area contributed by atoms with Gasteiger partial charge in [0, 0.05) is 16.0 Å². The maximum absolute atomic E-state index is 5.84. The van der Waals surface area contributed by atoms with Gasteiger partial charge in [0.25, 0.3) is 0 Å². The standard InChI is InChI=1S/C8H8Cl2/c1-2-6-3-4-7(9)5-8(6)10/h2,4-6H,1,3H2. The number of hydrogen-bond donors (Lipinski definition) is 0. The minimum atomic E-state index is 0.268. The summed E-state index contributed by atoms with van der Waals surface area (Å²) < 4.78 is 0. The monoisotopic (exact) mass is 174 g/mol. The molecule has 0 aromatic carbocycles. The molecule has 0 bridgehead atoms. The number of allylic oxidation sites excluding steroid dienone is 5. The Kier molecular flexibility index (Phi) is 2.58. The topological polar surface area (TPSA) is 0 Å². The Balaban J connectivity index is 2.77. The van der Waals surface area contributed by atoms with E-state index in [1.54, 1.807) is 6.08 Å². The average Bonchev–Trinajstić information content (AvgIpc) is 1.88. The van der Waals surface area contributed by atoms with Crippen LogP contribution in [0, 0.1) is 5.92 Å². The number of hydrogen-bond acceptors (Lipinski definition) is 0. The molecule has 0 aromatic rings. The summed E-state index contributed by atoms with van der Waals surface area (Å²) >= 11 is 11.5. The fraction of sp³-hybridized carbons (Fsp3) is 0.250. The van der Waals surface area contributed by atoms with E-state index in [1.807, 2.05) is 12.2 Å². The van der Waals surface area contributed by atoms with E-state index in [2.05, 4.69) is 6.58 Å². The molecule has 0 N–H and O–H groups in total. The first-order valence-corrected chi connectivity index (χ1v) is 3.85. The Hall–Kier alpha value is -0.200. The van der Waals surface area contributed by atoms with E-state index in [0.717, 1.165) is 16.5 Å². The van der Waals surface area contributed by atoms with Crippen LogP contribution < -0.4 is 0 Å². The first-order chi connectivity index (χ1) is 4.74. The smallest absolute Gasteiger partial charge is 0.0378 e. The summed E-state index contributed by atoms with van der Waals surface area (Å²) in [4.78, 5) is 0. The van der Waals surface area contributed by atoms with Gasteiger partial charge in [-0.25, -0.2) is 0 Å². The SMILES string of the molecule is C=CC1CC=C(Cl)C=C1Cl. The molecule has 0 heterocycles. The normalized spacial score (nSPS) is 25.2. The fourth-order valence-corrected chi connectivity index (χ4v) is 1.42. The van der Waals surface area contributed by atoms with E-state index >= 15 is 0 Å². The van der Waals surface area contributed by atoms with E-state index in [9.17, 15) is 0 Å². The number of halogens is 2. The summed E-state index contributed by atoms with van der Waals surface area (Å²) in [5.41, 5.74) is 0. The van der Waals surface area contributed by atoms with Crippen molar-refractivity contribution in [3.05, 3.63) is 34.9 Å². The second-order valence-electron chi connectivity index (χ2n) is 2.20. The molecule has 1 aliphatic rings. The highest BCUT2D eigenvalue weighted by atomic mass is 35.5. The zero-order valence-electron chi connectivity index (χ0n) is 5.48. The van der Waals surface area contributed by atoms with Gasteiger partial charge in [-0.05, 0) is 12.5 Å². The summed E-state index contributed by atoms with van der Waals surface area (Å²) in [6.45, 7) is 3.66. The Labute approximate surface area is 70.8 Å². The van der Waals surface area contributed by atoms with Gasteiger partial charge in [-0.2, -0.15) is 0 Å². The predicted octanol–water partition coefficient (Wildman–Crippen LogP) is 3.44. The lowest BCUT2D eigenvalue weighted by Gasteiger charge is -2.12. The van der Waals surface area contributed by atoms with Crippen molar-refractivity contribution in [3.63, 3.8) is 0 Å². The first kappa shape index (κ1) is 7.90. The van der Waals surface area contributed by atoms with Crippen molar-refractivity contribution in [1.29, 1.82) is 0 Å². The lowest BCUT2D eigenvalue weighted by molar-refractivity contribution is 0.805. The molecule has 0 aromatic heterocycles. The molecule has 0 radical (unpaired) electrons. The highest BCUT2D eigenvalue weighted by Gasteiger charge is 2.11. The highest BCUT2D eigenvalue weighted by Crippen LogP contribution is 2.28. The molecule has 0 amide bonds. The van der Waals surface area contributed by atoms with Crippen molar-refractivity contribution in [2.75, 3.05) is 0 Å². The average molecular weight is 175 g/mol. The van der Waals surface area contributed by atoms with E-state index in [0.29, 0.717) is 0 Å². The van der Waals surface area contributed by atoms with Crippen LogP contribution in [0.15, 0.2) is 34.9 Å². The molecule has 0 saturated heterocycles. The van der Waals surface area contributed by atoms with Gasteiger partial charge in [-0.1, -0.05) is 35.4 Å². The molecule has 0 fully saturated rings. The quantitative estimate of drug-likeness (QED) is 0.535. The maximum atomic E-state index is 5.84. The zero-order valence-corrected chi connectivity index (χ0v) is 6.99. The van der Waals surface area contributed by atoms with Gasteiger partial charge >= 0.3 is 0 Å². The van der Waals surface area contributed by atoms with Crippen molar-refractivity contribution >= 4 is 23.2 Å². The van der Waals surface area contributed by atoms with Crippen LogP contribution in [0.25, 0.3) is 0 Å². The fourth-order valence-electron chi connectivity index (χ4n) is 0.859. The third kappa shape index (κ3) is 1.65. The second-order valence-corrected chi connectivity index (χ2v) is 3.07. The molecule has 0 saturated carbocycles. The van der Waals surface area contributed by atoms with E-state index in [4.69, 9.17) is 23.2 Å².